The summed E-state index contributed by atoms with van der Waals surface area (Å²) in [4.78, 5) is 0. The van der Waals surface area contributed by atoms with Crippen molar-refractivity contribution < 1.29 is 0 Å². The molecule has 1 aromatic carbocycles. The Kier molecular flexibility index (Phi) is 3.00. The number of rotatable bonds is 1. The molecule has 0 aliphatic rings. The molecule has 2 N–H and O–H groups in total. The maximum atomic E-state index is 5.91. The van der Waals surface area contributed by atoms with Crippen molar-refractivity contribution in [2.45, 2.75) is 20.8 Å². The first-order valence-electron chi connectivity index (χ1n) is 5.48. The monoisotopic (exact) mass is 293 g/mol. The van der Waals surface area contributed by atoms with Gasteiger partial charge in [0.05, 0.1) is 4.47 Å². The molecule has 17 heavy (non-hydrogen) atoms. The van der Waals surface area contributed by atoms with Crippen molar-refractivity contribution in [1.29, 1.82) is 0 Å². The number of nitrogens with zero attached hydrogens (tertiary/aromatic N) is 2. The minimum absolute atomic E-state index is 0.651. The Bertz CT molecular complexity index is 585. The zero-order valence-corrected chi connectivity index (χ0v) is 12.1. The normalized spacial score (nSPS) is 10.9. The third-order valence-electron chi connectivity index (χ3n) is 3.13. The summed E-state index contributed by atoms with van der Waals surface area (Å²) in [6.45, 7) is 6.32. The van der Waals surface area contributed by atoms with Gasteiger partial charge in [0.2, 0.25) is 0 Å². The summed E-state index contributed by atoms with van der Waals surface area (Å²) in [7, 11) is 1.85. The molecule has 0 fully saturated rings. The Morgan fingerprint density at radius 2 is 1.71 bits per heavy atom. The lowest BCUT2D eigenvalue weighted by Crippen LogP contribution is -1.97. The van der Waals surface area contributed by atoms with E-state index >= 15 is 0 Å². The van der Waals surface area contributed by atoms with E-state index in [2.05, 4.69) is 53.9 Å². The minimum Gasteiger partial charge on any atom is -0.383 e. The molecular weight excluding hydrogens is 278 g/mol. The van der Waals surface area contributed by atoms with Gasteiger partial charge < -0.3 is 5.73 Å². The van der Waals surface area contributed by atoms with E-state index in [0.29, 0.717) is 5.82 Å². The molecule has 0 spiro atoms. The second kappa shape index (κ2) is 4.18. The van der Waals surface area contributed by atoms with Crippen LogP contribution in [0.15, 0.2) is 16.6 Å². The van der Waals surface area contributed by atoms with E-state index in [-0.39, 0.29) is 0 Å². The van der Waals surface area contributed by atoms with Gasteiger partial charge in [-0.15, -0.1) is 0 Å². The molecule has 90 valence electrons. The second-order valence-corrected chi connectivity index (χ2v) is 5.22. The molecule has 4 heteroatoms. The van der Waals surface area contributed by atoms with Crippen molar-refractivity contribution >= 4 is 21.7 Å². The topological polar surface area (TPSA) is 43.8 Å². The van der Waals surface area contributed by atoms with Crippen LogP contribution in [0.4, 0.5) is 5.82 Å². The van der Waals surface area contributed by atoms with Crippen LogP contribution in [-0.4, -0.2) is 9.78 Å². The highest BCUT2D eigenvalue weighted by atomic mass is 79.9. The van der Waals surface area contributed by atoms with Crippen LogP contribution < -0.4 is 5.73 Å². The average Bonchev–Trinajstić information content (AvgIpc) is 2.51. The van der Waals surface area contributed by atoms with E-state index in [9.17, 15) is 0 Å². The number of aryl methyl sites for hydroxylation is 4. The van der Waals surface area contributed by atoms with Crippen molar-refractivity contribution in [3.8, 4) is 11.3 Å². The number of anilines is 1. The quantitative estimate of drug-likeness (QED) is 0.876. The molecule has 2 rings (SSSR count). The Labute approximate surface area is 110 Å². The average molecular weight is 294 g/mol. The maximum Gasteiger partial charge on any atom is 0.136 e. The molecule has 0 bridgehead atoms. The van der Waals surface area contributed by atoms with Crippen molar-refractivity contribution in [1.82, 2.24) is 9.78 Å². The molecule has 0 radical (unpaired) electrons. The Morgan fingerprint density at radius 3 is 2.24 bits per heavy atom. The number of benzene rings is 1. The van der Waals surface area contributed by atoms with Gasteiger partial charge in [0.25, 0.3) is 0 Å². The van der Waals surface area contributed by atoms with Crippen LogP contribution in [0.3, 0.4) is 0 Å². The number of aromatic nitrogens is 2. The Morgan fingerprint density at radius 1 is 1.12 bits per heavy atom. The molecule has 2 aromatic rings. The zero-order chi connectivity index (χ0) is 12.7. The smallest absolute Gasteiger partial charge is 0.136 e. The third kappa shape index (κ3) is 1.97. The van der Waals surface area contributed by atoms with Crippen LogP contribution >= 0.6 is 15.9 Å². The fraction of sp³-hybridized carbons (Fsp3) is 0.308. The standard InChI is InChI=1S/C13H16BrN3/c1-7-5-9(3)10(6-8(7)2)12-11(14)13(15)17(4)16-12/h5-6H,15H2,1-4H3. The van der Waals surface area contributed by atoms with E-state index in [4.69, 9.17) is 5.73 Å². The highest BCUT2D eigenvalue weighted by molar-refractivity contribution is 9.10. The molecule has 1 aromatic heterocycles. The first-order valence-corrected chi connectivity index (χ1v) is 6.27. The van der Waals surface area contributed by atoms with E-state index in [0.717, 1.165) is 15.7 Å². The SMILES string of the molecule is Cc1cc(C)c(-c2nn(C)c(N)c2Br)cc1C. The molecule has 0 atom stereocenters. The summed E-state index contributed by atoms with van der Waals surface area (Å²) in [5.74, 6) is 0.651. The number of hydrogen-bond acceptors (Lipinski definition) is 2. The van der Waals surface area contributed by atoms with Crippen LogP contribution in [0.25, 0.3) is 11.3 Å². The van der Waals surface area contributed by atoms with Crippen LogP contribution in [0.2, 0.25) is 0 Å². The van der Waals surface area contributed by atoms with E-state index in [1.54, 1.807) is 4.68 Å². The molecule has 0 amide bonds. The van der Waals surface area contributed by atoms with Crippen LogP contribution in [0, 0.1) is 20.8 Å². The van der Waals surface area contributed by atoms with Gasteiger partial charge in [-0.25, -0.2) is 0 Å². The summed E-state index contributed by atoms with van der Waals surface area (Å²) in [6.07, 6.45) is 0. The van der Waals surface area contributed by atoms with Crippen LogP contribution in [0.1, 0.15) is 16.7 Å². The number of hydrogen-bond donors (Lipinski definition) is 1. The lowest BCUT2D eigenvalue weighted by molar-refractivity contribution is 0.782. The van der Waals surface area contributed by atoms with Gasteiger partial charge in [-0.2, -0.15) is 5.10 Å². The molecular formula is C13H16BrN3. The number of nitrogens with two attached hydrogens (primary N) is 1. The van der Waals surface area contributed by atoms with Gasteiger partial charge in [-0.1, -0.05) is 6.07 Å². The van der Waals surface area contributed by atoms with Gasteiger partial charge in [0.1, 0.15) is 11.5 Å². The third-order valence-corrected chi connectivity index (χ3v) is 3.91. The second-order valence-electron chi connectivity index (χ2n) is 4.42. The van der Waals surface area contributed by atoms with Crippen molar-refractivity contribution in [2.75, 3.05) is 5.73 Å². The fourth-order valence-corrected chi connectivity index (χ4v) is 2.45. The first kappa shape index (κ1) is 12.2. The number of nitrogen functional groups attached to an aromatic ring is 1. The van der Waals surface area contributed by atoms with E-state index in [1.807, 2.05) is 7.05 Å². The molecule has 0 unspecified atom stereocenters. The van der Waals surface area contributed by atoms with E-state index < -0.39 is 0 Å². The van der Waals surface area contributed by atoms with Crippen molar-refractivity contribution in [3.05, 3.63) is 33.3 Å². The molecule has 0 aliphatic heterocycles. The van der Waals surface area contributed by atoms with Gasteiger partial charge in [-0.3, -0.25) is 4.68 Å². The zero-order valence-electron chi connectivity index (χ0n) is 10.5. The molecule has 0 saturated heterocycles. The Hall–Kier alpha value is -1.29. The van der Waals surface area contributed by atoms with Gasteiger partial charge in [0, 0.05) is 12.6 Å². The van der Waals surface area contributed by atoms with Crippen molar-refractivity contribution in [3.63, 3.8) is 0 Å². The van der Waals surface area contributed by atoms with Crippen molar-refractivity contribution in [2.24, 2.45) is 7.05 Å². The summed E-state index contributed by atoms with van der Waals surface area (Å²) in [6, 6.07) is 4.35. The minimum atomic E-state index is 0.651. The number of halogens is 1. The summed E-state index contributed by atoms with van der Waals surface area (Å²) >= 11 is 3.51. The summed E-state index contributed by atoms with van der Waals surface area (Å²) in [5, 5.41) is 4.46. The summed E-state index contributed by atoms with van der Waals surface area (Å²) in [5.41, 5.74) is 11.7. The lowest BCUT2D eigenvalue weighted by Gasteiger charge is -2.08. The predicted octanol–water partition coefficient (Wildman–Crippen LogP) is 3.36. The fourth-order valence-electron chi connectivity index (χ4n) is 1.90. The first-order chi connectivity index (χ1) is 7.91. The van der Waals surface area contributed by atoms with E-state index in [1.165, 1.54) is 16.7 Å². The summed E-state index contributed by atoms with van der Waals surface area (Å²) < 4.78 is 2.56. The lowest BCUT2D eigenvalue weighted by atomic mass is 9.99. The molecule has 3 nitrogen and oxygen atoms in total. The molecule has 1 heterocycles. The maximum absolute atomic E-state index is 5.91. The van der Waals surface area contributed by atoms with Gasteiger partial charge in [0.15, 0.2) is 0 Å². The largest absolute Gasteiger partial charge is 0.383 e. The van der Waals surface area contributed by atoms with Crippen LogP contribution in [-0.2, 0) is 7.05 Å². The van der Waals surface area contributed by atoms with Crippen LogP contribution in [0.5, 0.6) is 0 Å². The highest BCUT2D eigenvalue weighted by Crippen LogP contribution is 2.34. The highest BCUT2D eigenvalue weighted by Gasteiger charge is 2.15. The molecule has 0 saturated carbocycles. The Balaban J connectivity index is 2.68. The van der Waals surface area contributed by atoms with Gasteiger partial charge >= 0.3 is 0 Å². The molecule has 0 aliphatic carbocycles. The van der Waals surface area contributed by atoms with Gasteiger partial charge in [-0.05, 0) is 59.5 Å². The predicted molar refractivity (Wildman–Crippen MR) is 75.0 cm³/mol.